The number of pyridine rings is 1. The van der Waals surface area contributed by atoms with Gasteiger partial charge in [-0.15, -0.1) is 0 Å². The van der Waals surface area contributed by atoms with Crippen molar-refractivity contribution in [2.24, 2.45) is 0 Å². The van der Waals surface area contributed by atoms with Gasteiger partial charge < -0.3 is 10.0 Å². The molecule has 6 heteroatoms. The fourth-order valence-corrected chi connectivity index (χ4v) is 2.51. The number of aliphatic hydroxyl groups is 1. The zero-order chi connectivity index (χ0) is 13.9. The second-order valence-corrected chi connectivity index (χ2v) is 4.84. The van der Waals surface area contributed by atoms with E-state index in [1.807, 2.05) is 10.7 Å². The van der Waals surface area contributed by atoms with Gasteiger partial charge >= 0.3 is 0 Å². The highest BCUT2D eigenvalue weighted by molar-refractivity contribution is 5.94. The van der Waals surface area contributed by atoms with Crippen LogP contribution in [-0.2, 0) is 13.1 Å². The van der Waals surface area contributed by atoms with E-state index in [0.717, 1.165) is 5.69 Å². The Balaban J connectivity index is 1.91. The normalized spacial score (nSPS) is 18.4. The molecular weight excluding hydrogens is 256 g/mol. The first kappa shape index (κ1) is 12.8. The number of amides is 1. The molecule has 3 rings (SSSR count). The Hall–Kier alpha value is -2.21. The number of aromatic nitrogens is 3. The SMILES string of the molecule is O=C(c1ccncc1)N1Cc2ccnn2CCC1CO. The third-order valence-electron chi connectivity index (χ3n) is 3.65. The zero-order valence-electron chi connectivity index (χ0n) is 11.0. The van der Waals surface area contributed by atoms with Gasteiger partial charge in [0.1, 0.15) is 0 Å². The van der Waals surface area contributed by atoms with Crippen molar-refractivity contribution in [3.8, 4) is 0 Å². The van der Waals surface area contributed by atoms with E-state index in [1.54, 1.807) is 35.6 Å². The molecule has 20 heavy (non-hydrogen) atoms. The molecule has 1 unspecified atom stereocenters. The number of fused-ring (bicyclic) bond motifs is 1. The van der Waals surface area contributed by atoms with Crippen molar-refractivity contribution in [2.45, 2.75) is 25.6 Å². The highest BCUT2D eigenvalue weighted by Gasteiger charge is 2.28. The lowest BCUT2D eigenvalue weighted by molar-refractivity contribution is 0.0568. The van der Waals surface area contributed by atoms with Crippen molar-refractivity contribution in [3.05, 3.63) is 48.0 Å². The van der Waals surface area contributed by atoms with Gasteiger partial charge in [-0.25, -0.2) is 0 Å². The van der Waals surface area contributed by atoms with Crippen LogP contribution in [0.2, 0.25) is 0 Å². The Morgan fingerprint density at radius 2 is 2.10 bits per heavy atom. The van der Waals surface area contributed by atoms with Crippen LogP contribution in [0.4, 0.5) is 0 Å². The second-order valence-electron chi connectivity index (χ2n) is 4.84. The standard InChI is InChI=1S/C14H16N4O2/c19-10-13-4-8-18-12(3-7-16-18)9-17(13)14(20)11-1-5-15-6-2-11/h1-3,5-7,13,19H,4,8-10H2. The number of carbonyl (C=O) groups is 1. The van der Waals surface area contributed by atoms with E-state index in [2.05, 4.69) is 10.1 Å². The van der Waals surface area contributed by atoms with Crippen LogP contribution in [0, 0.1) is 0 Å². The van der Waals surface area contributed by atoms with E-state index in [-0.39, 0.29) is 18.6 Å². The van der Waals surface area contributed by atoms with Crippen LogP contribution in [0.15, 0.2) is 36.8 Å². The van der Waals surface area contributed by atoms with Crippen molar-refractivity contribution in [3.63, 3.8) is 0 Å². The third kappa shape index (κ3) is 2.30. The summed E-state index contributed by atoms with van der Waals surface area (Å²) in [5, 5.41) is 13.8. The van der Waals surface area contributed by atoms with E-state index in [9.17, 15) is 9.90 Å². The lowest BCUT2D eigenvalue weighted by Gasteiger charge is -2.28. The Labute approximate surface area is 116 Å². The summed E-state index contributed by atoms with van der Waals surface area (Å²) in [5.74, 6) is -0.0823. The molecule has 0 spiro atoms. The summed E-state index contributed by atoms with van der Waals surface area (Å²) in [4.78, 5) is 18.3. The quantitative estimate of drug-likeness (QED) is 0.873. The number of carbonyl (C=O) groups excluding carboxylic acids is 1. The molecule has 2 aromatic heterocycles. The lowest BCUT2D eigenvalue weighted by atomic mass is 10.1. The number of aliphatic hydroxyl groups excluding tert-OH is 1. The maximum atomic E-state index is 12.6. The van der Waals surface area contributed by atoms with Gasteiger partial charge in [0.2, 0.25) is 0 Å². The minimum absolute atomic E-state index is 0.0400. The van der Waals surface area contributed by atoms with E-state index >= 15 is 0 Å². The van der Waals surface area contributed by atoms with Gasteiger partial charge in [-0.2, -0.15) is 5.10 Å². The highest BCUT2D eigenvalue weighted by atomic mass is 16.3. The van der Waals surface area contributed by atoms with Crippen molar-refractivity contribution in [1.29, 1.82) is 0 Å². The first-order chi connectivity index (χ1) is 9.79. The smallest absolute Gasteiger partial charge is 0.254 e. The molecule has 104 valence electrons. The predicted molar refractivity (Wildman–Crippen MR) is 71.8 cm³/mol. The van der Waals surface area contributed by atoms with Gasteiger partial charge in [-0.1, -0.05) is 0 Å². The average molecular weight is 272 g/mol. The number of hydrogen-bond acceptors (Lipinski definition) is 4. The topological polar surface area (TPSA) is 71.2 Å². The summed E-state index contributed by atoms with van der Waals surface area (Å²) < 4.78 is 1.89. The number of hydrogen-bond donors (Lipinski definition) is 1. The summed E-state index contributed by atoms with van der Waals surface area (Å²) in [6, 6.07) is 5.11. The first-order valence-corrected chi connectivity index (χ1v) is 6.62. The first-order valence-electron chi connectivity index (χ1n) is 6.62. The Morgan fingerprint density at radius 3 is 2.85 bits per heavy atom. The summed E-state index contributed by atoms with van der Waals surface area (Å²) in [6.45, 7) is 1.14. The second kappa shape index (κ2) is 5.42. The molecular formula is C14H16N4O2. The molecule has 0 bridgehead atoms. The van der Waals surface area contributed by atoms with E-state index in [0.29, 0.717) is 25.1 Å². The minimum Gasteiger partial charge on any atom is -0.394 e. The molecule has 1 amide bonds. The van der Waals surface area contributed by atoms with Gasteiger partial charge in [-0.05, 0) is 24.6 Å². The summed E-state index contributed by atoms with van der Waals surface area (Å²) in [7, 11) is 0. The fourth-order valence-electron chi connectivity index (χ4n) is 2.51. The molecule has 1 aliphatic rings. The zero-order valence-corrected chi connectivity index (χ0v) is 11.0. The predicted octanol–water partition coefficient (Wildman–Crippen LogP) is 0.685. The van der Waals surface area contributed by atoms with Crippen LogP contribution in [0.1, 0.15) is 22.5 Å². The van der Waals surface area contributed by atoms with Gasteiger partial charge in [0.25, 0.3) is 5.91 Å². The van der Waals surface area contributed by atoms with Crippen molar-refractivity contribution < 1.29 is 9.90 Å². The van der Waals surface area contributed by atoms with Crippen molar-refractivity contribution >= 4 is 5.91 Å². The van der Waals surface area contributed by atoms with Crippen LogP contribution in [0.3, 0.4) is 0 Å². The third-order valence-corrected chi connectivity index (χ3v) is 3.65. The maximum Gasteiger partial charge on any atom is 0.254 e. The molecule has 1 N–H and O–H groups in total. The van der Waals surface area contributed by atoms with E-state index in [1.165, 1.54) is 0 Å². The van der Waals surface area contributed by atoms with Crippen molar-refractivity contribution in [2.75, 3.05) is 6.61 Å². The van der Waals surface area contributed by atoms with Gasteiger partial charge in [0.15, 0.2) is 0 Å². The monoisotopic (exact) mass is 272 g/mol. The summed E-state index contributed by atoms with van der Waals surface area (Å²) in [5.41, 5.74) is 1.58. The summed E-state index contributed by atoms with van der Waals surface area (Å²) >= 11 is 0. The molecule has 2 aromatic rings. The molecule has 3 heterocycles. The lowest BCUT2D eigenvalue weighted by Crippen LogP contribution is -2.41. The largest absolute Gasteiger partial charge is 0.394 e. The molecule has 0 saturated carbocycles. The molecule has 0 fully saturated rings. The average Bonchev–Trinajstić information content (AvgIpc) is 2.87. The van der Waals surface area contributed by atoms with E-state index in [4.69, 9.17) is 0 Å². The van der Waals surface area contributed by atoms with Crippen LogP contribution in [0.5, 0.6) is 0 Å². The van der Waals surface area contributed by atoms with Gasteiger partial charge in [-0.3, -0.25) is 14.5 Å². The molecule has 0 radical (unpaired) electrons. The fraction of sp³-hybridized carbons (Fsp3) is 0.357. The maximum absolute atomic E-state index is 12.6. The van der Waals surface area contributed by atoms with Crippen LogP contribution >= 0.6 is 0 Å². The molecule has 0 aromatic carbocycles. The van der Waals surface area contributed by atoms with Gasteiger partial charge in [0.05, 0.1) is 24.9 Å². The number of nitrogens with zero attached hydrogens (tertiary/aromatic N) is 4. The Bertz CT molecular complexity index is 596. The van der Waals surface area contributed by atoms with Crippen LogP contribution in [0.25, 0.3) is 0 Å². The molecule has 0 saturated heterocycles. The Kier molecular flexibility index (Phi) is 3.47. The van der Waals surface area contributed by atoms with Crippen LogP contribution in [-0.4, -0.2) is 43.3 Å². The summed E-state index contributed by atoms with van der Waals surface area (Å²) in [6.07, 6.45) is 5.64. The van der Waals surface area contributed by atoms with Crippen molar-refractivity contribution in [1.82, 2.24) is 19.7 Å². The molecule has 0 aliphatic carbocycles. The highest BCUT2D eigenvalue weighted by Crippen LogP contribution is 2.19. The number of aryl methyl sites for hydroxylation is 1. The van der Waals surface area contributed by atoms with Crippen LogP contribution < -0.4 is 0 Å². The van der Waals surface area contributed by atoms with E-state index < -0.39 is 0 Å². The molecule has 1 aliphatic heterocycles. The molecule has 1 atom stereocenters. The molecule has 6 nitrogen and oxygen atoms in total. The van der Waals surface area contributed by atoms with Gasteiger partial charge in [0, 0.05) is 30.7 Å². The Morgan fingerprint density at radius 1 is 1.30 bits per heavy atom. The number of rotatable bonds is 2. The minimum atomic E-state index is -0.183.